The van der Waals surface area contributed by atoms with Crippen molar-refractivity contribution in [3.63, 3.8) is 0 Å². The van der Waals surface area contributed by atoms with Gasteiger partial charge >= 0.3 is 0 Å². The second-order valence-corrected chi connectivity index (χ2v) is 16.0. The molecule has 0 aromatic carbocycles. The molecule has 0 radical (unpaired) electrons. The molecule has 3 N–H and O–H groups in total. The van der Waals surface area contributed by atoms with E-state index < -0.39 is 18.4 Å². The second-order valence-electron chi connectivity index (χ2n) is 16.0. The molecule has 0 saturated carbocycles. The molecule has 6 aromatic rings. The number of halogens is 1. The fourth-order valence-electron chi connectivity index (χ4n) is 8.67. The second kappa shape index (κ2) is 22.8. The summed E-state index contributed by atoms with van der Waals surface area (Å²) in [6.45, 7) is 8.03. The highest BCUT2D eigenvalue weighted by Crippen LogP contribution is 2.36. The molecule has 0 unspecified atom stereocenters. The van der Waals surface area contributed by atoms with Gasteiger partial charge in [-0.25, -0.2) is 49.2 Å². The van der Waals surface area contributed by atoms with Crippen molar-refractivity contribution in [2.75, 3.05) is 82.6 Å². The molecule has 66 heavy (non-hydrogen) atoms. The van der Waals surface area contributed by atoms with Crippen LogP contribution >= 0.6 is 0 Å². The van der Waals surface area contributed by atoms with Crippen LogP contribution in [0.4, 0.5) is 4.39 Å². The Hall–Kier alpha value is -4.86. The summed E-state index contributed by atoms with van der Waals surface area (Å²) in [7, 11) is 12.1. The van der Waals surface area contributed by atoms with Crippen LogP contribution in [-0.2, 0) is 37.9 Å². The van der Waals surface area contributed by atoms with Gasteiger partial charge < -0.3 is 53.8 Å². The normalized spacial score (nSPS) is 27.4. The molecule has 0 amide bonds. The first-order chi connectivity index (χ1) is 32.1. The molecule has 360 valence electrons. The predicted octanol–water partition coefficient (Wildman–Crippen LogP) is 1.56. The lowest BCUT2D eigenvalue weighted by molar-refractivity contribution is -0.0778. The minimum atomic E-state index is -1.22. The lowest BCUT2D eigenvalue weighted by Gasteiger charge is -2.24. The summed E-state index contributed by atoms with van der Waals surface area (Å²) >= 11 is 0. The molecule has 0 aliphatic carbocycles. The number of ether oxygens (including phenoxy) is 8. The van der Waals surface area contributed by atoms with Crippen molar-refractivity contribution in [3.8, 4) is 0 Å². The Kier molecular flexibility index (Phi) is 16.9. The van der Waals surface area contributed by atoms with Gasteiger partial charge in [-0.15, -0.1) is 0 Å². The molecule has 9 heterocycles. The summed E-state index contributed by atoms with van der Waals surface area (Å²) in [6.07, 6.45) is 7.32. The number of methoxy groups -OCH3 is 4. The number of hydrogen-bond donors (Lipinski definition) is 3. The van der Waals surface area contributed by atoms with Crippen LogP contribution in [0.3, 0.4) is 0 Å². The van der Waals surface area contributed by atoms with Gasteiger partial charge in [0.05, 0.1) is 87.3 Å². The summed E-state index contributed by atoms with van der Waals surface area (Å²) in [6, 6.07) is -0.196. The summed E-state index contributed by atoms with van der Waals surface area (Å²) in [4.78, 5) is 38.4. The van der Waals surface area contributed by atoms with Crippen molar-refractivity contribution in [1.29, 1.82) is 0 Å². The molecule has 3 saturated heterocycles. The summed E-state index contributed by atoms with van der Waals surface area (Å²) in [5.41, 5.74) is 6.83. The summed E-state index contributed by atoms with van der Waals surface area (Å²) in [5.74, 6) is 0. The zero-order valence-electron chi connectivity index (χ0n) is 39.1. The maximum atomic E-state index is 14.7. The Labute approximate surface area is 381 Å². The van der Waals surface area contributed by atoms with Gasteiger partial charge in [0.15, 0.2) is 35.6 Å². The van der Waals surface area contributed by atoms with E-state index in [0.717, 1.165) is 45.8 Å². The smallest absolute Gasteiger partial charge is 0.170 e. The van der Waals surface area contributed by atoms with Gasteiger partial charge in [-0.1, -0.05) is 0 Å². The van der Waals surface area contributed by atoms with Gasteiger partial charge in [-0.05, 0) is 41.9 Å². The number of alkyl halides is 1. The van der Waals surface area contributed by atoms with E-state index in [1.54, 1.807) is 65.4 Å². The standard InChI is InChI=1S/C16H25N5O4.C13H18FN5O2.C13H19N5O2/c1-10-12-15(19-8-18-10)21(9-20-12)16-14(24-6-5-22-3)13(17-2)11(25-16)7-23-4;1-7-10-12(17-5-16-7)19(6-18-10)13-9(14)11(15-2)8(21-13)4-20-3;1-8-12-13(16-6-15-8)18(7-17-12)11-4-9(14-2)10(20-11)5-19-3/h8-9,11,13-14,16-17H,5-7H2,1-4H3;5-6,8-9,11,13,15H,4H2,1-3H3;6-7,9-11,14H,4-5H2,1-3H3/t11-,13-,14-,16-;8-,9+,11-,13-;9-,10+,11+/m110/s1. The maximum Gasteiger partial charge on any atom is 0.170 e. The van der Waals surface area contributed by atoms with Crippen LogP contribution in [-0.4, -0.2) is 190 Å². The van der Waals surface area contributed by atoms with Crippen LogP contribution in [0.25, 0.3) is 33.5 Å². The van der Waals surface area contributed by atoms with E-state index in [4.69, 9.17) is 37.9 Å². The number of imidazole rings is 3. The fourth-order valence-corrected chi connectivity index (χ4v) is 8.67. The van der Waals surface area contributed by atoms with Crippen LogP contribution < -0.4 is 16.0 Å². The minimum Gasteiger partial charge on any atom is -0.382 e. The summed E-state index contributed by atoms with van der Waals surface area (Å²) < 4.78 is 65.1. The van der Waals surface area contributed by atoms with Crippen LogP contribution in [0.5, 0.6) is 0 Å². The zero-order chi connectivity index (χ0) is 46.9. The topological polar surface area (TPSA) is 241 Å². The van der Waals surface area contributed by atoms with Crippen molar-refractivity contribution in [2.24, 2.45) is 0 Å². The first kappa shape index (κ1) is 49.1. The molecule has 11 atom stereocenters. The van der Waals surface area contributed by atoms with E-state index in [2.05, 4.69) is 60.8 Å². The van der Waals surface area contributed by atoms with Crippen LogP contribution in [0.1, 0.15) is 42.2 Å². The van der Waals surface area contributed by atoms with E-state index in [1.165, 1.54) is 12.7 Å². The number of likely N-dealkylation sites (N-methyl/N-ethyl adjacent to an activating group) is 3. The van der Waals surface area contributed by atoms with Crippen molar-refractivity contribution >= 4 is 33.5 Å². The molecule has 3 fully saturated rings. The van der Waals surface area contributed by atoms with Crippen molar-refractivity contribution in [3.05, 3.63) is 55.0 Å². The van der Waals surface area contributed by atoms with Crippen LogP contribution in [0.15, 0.2) is 38.0 Å². The molecule has 24 heteroatoms. The third kappa shape index (κ3) is 10.2. The quantitative estimate of drug-likeness (QED) is 0.117. The average molecular weight is 924 g/mol. The van der Waals surface area contributed by atoms with Gasteiger partial charge in [-0.2, -0.15) is 0 Å². The number of nitrogens with zero attached hydrogens (tertiary/aromatic N) is 12. The number of fused-ring (bicyclic) bond motifs is 3. The molecule has 3 aliphatic heterocycles. The van der Waals surface area contributed by atoms with Crippen LogP contribution in [0.2, 0.25) is 0 Å². The SMILES string of the molecule is CN[C@H]1C[C@H](n2cnc3c(C)ncnc32)O[C@@H]1COC.CN[C@H]1[C@@H](OCCOC)[C@H](n2cnc3c(C)ncnc32)O[C@@H]1COC.CN[C@H]1[C@H](F)[C@H](n2cnc3c(C)ncnc32)O[C@@H]1COC. The highest BCUT2D eigenvalue weighted by atomic mass is 19.1. The number of hydrogen-bond acceptors (Lipinski definition) is 20. The van der Waals surface area contributed by atoms with E-state index in [0.29, 0.717) is 44.2 Å². The number of aryl methyl sites for hydroxylation is 3. The number of aromatic nitrogens is 12. The van der Waals surface area contributed by atoms with E-state index in [1.807, 2.05) is 44.0 Å². The van der Waals surface area contributed by atoms with Crippen molar-refractivity contribution in [2.45, 2.75) is 94.6 Å². The van der Waals surface area contributed by atoms with E-state index in [-0.39, 0.29) is 49.0 Å². The Morgan fingerprint density at radius 2 is 1.03 bits per heavy atom. The van der Waals surface area contributed by atoms with Gasteiger partial charge in [-0.3, -0.25) is 13.7 Å². The first-order valence-electron chi connectivity index (χ1n) is 21.7. The Balaban J connectivity index is 0.000000148. The number of rotatable bonds is 16. The van der Waals surface area contributed by atoms with Gasteiger partial charge in [0.2, 0.25) is 0 Å². The van der Waals surface area contributed by atoms with Gasteiger partial charge in [0.1, 0.15) is 60.1 Å². The predicted molar refractivity (Wildman–Crippen MR) is 237 cm³/mol. The van der Waals surface area contributed by atoms with E-state index in [9.17, 15) is 4.39 Å². The van der Waals surface area contributed by atoms with Crippen molar-refractivity contribution in [1.82, 2.24) is 74.5 Å². The minimum absolute atomic E-state index is 0.0257. The average Bonchev–Trinajstić information content (AvgIpc) is 4.18. The van der Waals surface area contributed by atoms with Crippen molar-refractivity contribution < 1.29 is 42.3 Å². The molecular formula is C42H62FN15O8. The monoisotopic (exact) mass is 923 g/mol. The fraction of sp³-hybridized carbons (Fsp3) is 0.643. The van der Waals surface area contributed by atoms with E-state index >= 15 is 0 Å². The third-order valence-corrected chi connectivity index (χ3v) is 12.0. The maximum absolute atomic E-state index is 14.7. The van der Waals surface area contributed by atoms with Gasteiger partial charge in [0, 0.05) is 40.9 Å². The molecule has 9 rings (SSSR count). The van der Waals surface area contributed by atoms with Gasteiger partial charge in [0.25, 0.3) is 0 Å². The Morgan fingerprint density at radius 1 is 0.561 bits per heavy atom. The highest BCUT2D eigenvalue weighted by Gasteiger charge is 2.47. The zero-order valence-corrected chi connectivity index (χ0v) is 39.1. The summed E-state index contributed by atoms with van der Waals surface area (Å²) in [5, 5.41) is 9.52. The Morgan fingerprint density at radius 3 is 1.53 bits per heavy atom. The molecule has 0 bridgehead atoms. The Bertz CT molecular complexity index is 2460. The highest BCUT2D eigenvalue weighted by molar-refractivity contribution is 5.74. The molecular weight excluding hydrogens is 862 g/mol. The molecule has 3 aliphatic rings. The molecule has 6 aromatic heterocycles. The third-order valence-electron chi connectivity index (χ3n) is 12.0. The first-order valence-corrected chi connectivity index (χ1v) is 21.7. The molecule has 0 spiro atoms. The number of nitrogens with one attached hydrogen (secondary N) is 3. The van der Waals surface area contributed by atoms with Crippen LogP contribution in [0, 0.1) is 20.8 Å². The lowest BCUT2D eigenvalue weighted by Crippen LogP contribution is -2.45. The lowest BCUT2D eigenvalue weighted by atomic mass is 10.1. The molecule has 23 nitrogen and oxygen atoms in total. The largest absolute Gasteiger partial charge is 0.382 e.